The highest BCUT2D eigenvalue weighted by atomic mass is 19.4. The minimum absolute atomic E-state index is 0.0486. The summed E-state index contributed by atoms with van der Waals surface area (Å²) >= 11 is 0. The summed E-state index contributed by atoms with van der Waals surface area (Å²) in [6.45, 7) is -1.56. The molecular weight excluding hydrogens is 273 g/mol. The van der Waals surface area contributed by atoms with Gasteiger partial charge in [-0.1, -0.05) is 30.3 Å². The molecule has 0 aliphatic rings. The van der Waals surface area contributed by atoms with Gasteiger partial charge in [0, 0.05) is 20.2 Å². The molecule has 0 saturated carbocycles. The lowest BCUT2D eigenvalue weighted by Gasteiger charge is -2.27. The number of methoxy groups -OCH3 is 1. The predicted molar refractivity (Wildman–Crippen MR) is 67.9 cm³/mol. The molecular formula is C13H17F3N2O2. The molecule has 1 amide bonds. The highest BCUT2D eigenvalue weighted by Crippen LogP contribution is 2.22. The maximum atomic E-state index is 12.5. The molecule has 20 heavy (non-hydrogen) atoms. The number of nitrogens with zero attached hydrogens (tertiary/aromatic N) is 1. The van der Waals surface area contributed by atoms with Crippen LogP contribution in [-0.4, -0.2) is 43.7 Å². The van der Waals surface area contributed by atoms with Crippen LogP contribution in [0.5, 0.6) is 0 Å². The number of hydrogen-bond donors (Lipinski definition) is 1. The highest BCUT2D eigenvalue weighted by molar-refractivity contribution is 5.82. The maximum absolute atomic E-state index is 12.5. The fourth-order valence-electron chi connectivity index (χ4n) is 1.81. The van der Waals surface area contributed by atoms with Crippen LogP contribution in [0.4, 0.5) is 13.2 Å². The summed E-state index contributed by atoms with van der Waals surface area (Å²) in [5, 5.41) is 0. The van der Waals surface area contributed by atoms with Crippen molar-refractivity contribution in [3.63, 3.8) is 0 Å². The Labute approximate surface area is 115 Å². The topological polar surface area (TPSA) is 55.6 Å². The average molecular weight is 290 g/mol. The fourth-order valence-corrected chi connectivity index (χ4v) is 1.81. The molecule has 4 nitrogen and oxygen atoms in total. The normalized spacial score (nSPS) is 13.1. The summed E-state index contributed by atoms with van der Waals surface area (Å²) in [7, 11) is 1.28. The van der Waals surface area contributed by atoms with E-state index in [2.05, 4.69) is 0 Å². The van der Waals surface area contributed by atoms with E-state index in [1.807, 2.05) is 0 Å². The van der Waals surface area contributed by atoms with Gasteiger partial charge in [-0.15, -0.1) is 0 Å². The molecule has 1 rings (SSSR count). The van der Waals surface area contributed by atoms with E-state index in [0.29, 0.717) is 10.5 Å². The monoisotopic (exact) mass is 290 g/mol. The van der Waals surface area contributed by atoms with Gasteiger partial charge in [-0.05, 0) is 5.56 Å². The van der Waals surface area contributed by atoms with Crippen LogP contribution in [0.2, 0.25) is 0 Å². The van der Waals surface area contributed by atoms with Gasteiger partial charge in [-0.2, -0.15) is 13.2 Å². The average Bonchev–Trinajstić information content (AvgIpc) is 2.39. The van der Waals surface area contributed by atoms with E-state index in [4.69, 9.17) is 10.5 Å². The first-order chi connectivity index (χ1) is 9.39. The number of rotatable bonds is 6. The molecule has 0 aliphatic carbocycles. The number of nitrogens with two attached hydrogens (primary N) is 1. The number of carbonyl (C=O) groups is 1. The van der Waals surface area contributed by atoms with Gasteiger partial charge in [-0.3, -0.25) is 4.79 Å². The minimum atomic E-state index is -4.47. The first kappa shape index (κ1) is 16.5. The van der Waals surface area contributed by atoms with Crippen LogP contribution in [-0.2, 0) is 9.53 Å². The number of benzene rings is 1. The Morgan fingerprint density at radius 1 is 1.35 bits per heavy atom. The van der Waals surface area contributed by atoms with E-state index in [9.17, 15) is 18.0 Å². The van der Waals surface area contributed by atoms with E-state index in [1.54, 1.807) is 30.3 Å². The van der Waals surface area contributed by atoms with Gasteiger partial charge >= 0.3 is 6.18 Å². The maximum Gasteiger partial charge on any atom is 0.406 e. The molecule has 7 heteroatoms. The molecule has 0 radical (unpaired) electrons. The van der Waals surface area contributed by atoms with Crippen LogP contribution in [0, 0.1) is 0 Å². The summed E-state index contributed by atoms with van der Waals surface area (Å²) in [6.07, 6.45) is -5.54. The zero-order valence-corrected chi connectivity index (χ0v) is 11.1. The van der Waals surface area contributed by atoms with Crippen molar-refractivity contribution in [2.24, 2.45) is 5.73 Å². The molecule has 1 atom stereocenters. The fraction of sp³-hybridized carbons (Fsp3) is 0.462. The summed E-state index contributed by atoms with van der Waals surface area (Å²) < 4.78 is 42.5. The largest absolute Gasteiger partial charge is 0.406 e. The third-order valence-electron chi connectivity index (χ3n) is 2.64. The van der Waals surface area contributed by atoms with Gasteiger partial charge in [0.05, 0.1) is 0 Å². The van der Waals surface area contributed by atoms with Crippen LogP contribution in [0.25, 0.3) is 0 Å². The number of hydrogen-bond acceptors (Lipinski definition) is 3. The van der Waals surface area contributed by atoms with Gasteiger partial charge < -0.3 is 15.4 Å². The van der Waals surface area contributed by atoms with Crippen molar-refractivity contribution in [3.8, 4) is 0 Å². The van der Waals surface area contributed by atoms with E-state index < -0.39 is 24.7 Å². The molecule has 2 N–H and O–H groups in total. The van der Waals surface area contributed by atoms with E-state index >= 15 is 0 Å². The second-order valence-electron chi connectivity index (χ2n) is 4.19. The molecule has 1 aromatic rings. The Bertz CT molecular complexity index is 423. The molecule has 0 spiro atoms. The molecule has 1 unspecified atom stereocenters. The molecule has 0 saturated heterocycles. The number of halogens is 3. The van der Waals surface area contributed by atoms with Crippen molar-refractivity contribution in [2.45, 2.75) is 12.3 Å². The van der Waals surface area contributed by atoms with Crippen LogP contribution in [0.1, 0.15) is 11.7 Å². The van der Waals surface area contributed by atoms with Crippen LogP contribution < -0.4 is 5.73 Å². The van der Waals surface area contributed by atoms with Crippen molar-refractivity contribution in [3.05, 3.63) is 35.9 Å². The van der Waals surface area contributed by atoms with E-state index in [0.717, 1.165) is 0 Å². The summed E-state index contributed by atoms with van der Waals surface area (Å²) in [5.74, 6) is -0.749. The number of amides is 1. The number of carbonyl (C=O) groups excluding carboxylic acids is 1. The Kier molecular flexibility index (Phi) is 5.97. The lowest BCUT2D eigenvalue weighted by Crippen LogP contribution is -2.44. The molecule has 0 heterocycles. The molecule has 112 valence electrons. The molecule has 1 aromatic carbocycles. The smallest absolute Gasteiger partial charge is 0.367 e. The van der Waals surface area contributed by atoms with Crippen molar-refractivity contribution >= 4 is 5.91 Å². The van der Waals surface area contributed by atoms with Gasteiger partial charge in [0.2, 0.25) is 0 Å². The van der Waals surface area contributed by atoms with Crippen LogP contribution >= 0.6 is 0 Å². The van der Waals surface area contributed by atoms with Crippen molar-refractivity contribution < 1.29 is 22.7 Å². The van der Waals surface area contributed by atoms with Gasteiger partial charge in [0.1, 0.15) is 6.54 Å². The lowest BCUT2D eigenvalue weighted by atomic mass is 10.1. The van der Waals surface area contributed by atoms with Crippen molar-refractivity contribution in [2.75, 3.05) is 26.7 Å². The number of alkyl halides is 3. The predicted octanol–water partition coefficient (Wildman–Crippen LogP) is 1.72. The highest BCUT2D eigenvalue weighted by Gasteiger charge is 2.35. The number of ether oxygens (including phenoxy) is 1. The summed E-state index contributed by atoms with van der Waals surface area (Å²) in [6, 6.07) is 8.37. The first-order valence-electron chi connectivity index (χ1n) is 6.02. The zero-order chi connectivity index (χ0) is 15.2. The van der Waals surface area contributed by atoms with Crippen molar-refractivity contribution in [1.82, 2.24) is 4.90 Å². The molecule has 0 fully saturated rings. The van der Waals surface area contributed by atoms with Gasteiger partial charge in [0.15, 0.2) is 6.10 Å². The first-order valence-corrected chi connectivity index (χ1v) is 6.02. The molecule has 0 aliphatic heterocycles. The zero-order valence-electron chi connectivity index (χ0n) is 11.1. The Balaban J connectivity index is 2.91. The van der Waals surface area contributed by atoms with Gasteiger partial charge in [0.25, 0.3) is 5.91 Å². The minimum Gasteiger partial charge on any atom is -0.367 e. The lowest BCUT2D eigenvalue weighted by molar-refractivity contribution is -0.167. The third kappa shape index (κ3) is 4.82. The molecule has 0 bridgehead atoms. The quantitative estimate of drug-likeness (QED) is 0.868. The van der Waals surface area contributed by atoms with E-state index in [-0.39, 0.29) is 13.1 Å². The second kappa shape index (κ2) is 7.25. The SMILES string of the molecule is COC(C(=O)N(CCN)CC(F)(F)F)c1ccccc1. The van der Waals surface area contributed by atoms with Crippen LogP contribution in [0.3, 0.4) is 0 Å². The summed E-state index contributed by atoms with van der Waals surface area (Å²) in [5.41, 5.74) is 5.77. The Morgan fingerprint density at radius 3 is 2.40 bits per heavy atom. The standard InChI is InChI=1S/C13H17F3N2O2/c1-20-11(10-5-3-2-4-6-10)12(19)18(8-7-17)9-13(14,15)16/h2-6,11H,7-9,17H2,1H3. The second-order valence-corrected chi connectivity index (χ2v) is 4.19. The summed E-state index contributed by atoms with van der Waals surface area (Å²) in [4.78, 5) is 12.9. The van der Waals surface area contributed by atoms with Crippen LogP contribution in [0.15, 0.2) is 30.3 Å². The van der Waals surface area contributed by atoms with Gasteiger partial charge in [-0.25, -0.2) is 0 Å². The van der Waals surface area contributed by atoms with Crippen molar-refractivity contribution in [1.29, 1.82) is 0 Å². The molecule has 0 aromatic heterocycles. The third-order valence-corrected chi connectivity index (χ3v) is 2.64. The Hall–Kier alpha value is -1.60. The Morgan fingerprint density at radius 2 is 1.95 bits per heavy atom. The van der Waals surface area contributed by atoms with E-state index in [1.165, 1.54) is 7.11 Å².